The van der Waals surface area contributed by atoms with E-state index in [0.29, 0.717) is 11.1 Å². The van der Waals surface area contributed by atoms with Crippen molar-refractivity contribution in [3.8, 4) is 5.69 Å². The van der Waals surface area contributed by atoms with Crippen LogP contribution < -0.4 is 10.6 Å². The molecule has 1 aromatic carbocycles. The number of imide groups is 1. The Hall–Kier alpha value is -2.28. The van der Waals surface area contributed by atoms with Crippen molar-refractivity contribution in [2.24, 2.45) is 0 Å². The predicted molar refractivity (Wildman–Crippen MR) is 109 cm³/mol. The smallest absolute Gasteiger partial charge is 0.321 e. The lowest BCUT2D eigenvalue weighted by atomic mass is 10.0. The molecule has 2 aromatic rings. The number of carbonyl (C=O) groups excluding carboxylic acids is 2. The summed E-state index contributed by atoms with van der Waals surface area (Å²) in [4.78, 5) is 28.5. The number of amides is 3. The SMILES string of the molecule is CC(Sc1nccn1-c1ccc(C(C)C)cc1)C(=O)NC(=O)NC(C)(C)C. The molecule has 7 heteroatoms. The van der Waals surface area contributed by atoms with Gasteiger partial charge in [0.2, 0.25) is 5.91 Å². The summed E-state index contributed by atoms with van der Waals surface area (Å²) in [6, 6.07) is 7.79. The molecule has 0 radical (unpaired) electrons. The Bertz CT molecular complexity index is 791. The van der Waals surface area contributed by atoms with Crippen LogP contribution in [0.4, 0.5) is 4.79 Å². The summed E-state index contributed by atoms with van der Waals surface area (Å²) < 4.78 is 1.94. The molecular formula is C20H28N4O2S. The molecule has 0 spiro atoms. The van der Waals surface area contributed by atoms with Gasteiger partial charge in [-0.15, -0.1) is 0 Å². The third-order valence-corrected chi connectivity index (χ3v) is 4.90. The molecule has 3 amide bonds. The molecule has 1 unspecified atom stereocenters. The van der Waals surface area contributed by atoms with Gasteiger partial charge in [0.1, 0.15) is 0 Å². The van der Waals surface area contributed by atoms with Gasteiger partial charge in [-0.2, -0.15) is 0 Å². The number of nitrogens with zero attached hydrogens (tertiary/aromatic N) is 2. The highest BCUT2D eigenvalue weighted by molar-refractivity contribution is 8.00. The van der Waals surface area contributed by atoms with Gasteiger partial charge in [-0.05, 0) is 51.3 Å². The van der Waals surface area contributed by atoms with Crippen LogP contribution in [-0.2, 0) is 4.79 Å². The Kier molecular flexibility index (Phi) is 6.70. The first-order valence-corrected chi connectivity index (χ1v) is 9.88. The summed E-state index contributed by atoms with van der Waals surface area (Å²) in [7, 11) is 0. The van der Waals surface area contributed by atoms with Crippen LogP contribution in [0.2, 0.25) is 0 Å². The number of imidazole rings is 1. The number of carbonyl (C=O) groups is 2. The predicted octanol–water partition coefficient (Wildman–Crippen LogP) is 4.10. The first-order chi connectivity index (χ1) is 12.6. The van der Waals surface area contributed by atoms with E-state index in [0.717, 1.165) is 5.69 Å². The number of urea groups is 1. The van der Waals surface area contributed by atoms with Gasteiger partial charge in [-0.3, -0.25) is 14.7 Å². The van der Waals surface area contributed by atoms with Gasteiger partial charge in [-0.1, -0.05) is 37.7 Å². The fourth-order valence-corrected chi connectivity index (χ4v) is 3.27. The molecule has 0 bridgehead atoms. The molecule has 27 heavy (non-hydrogen) atoms. The molecule has 0 aliphatic heterocycles. The van der Waals surface area contributed by atoms with Crippen LogP contribution in [0.5, 0.6) is 0 Å². The van der Waals surface area contributed by atoms with Crippen LogP contribution in [0.25, 0.3) is 5.69 Å². The van der Waals surface area contributed by atoms with E-state index >= 15 is 0 Å². The van der Waals surface area contributed by atoms with Gasteiger partial charge in [0.05, 0.1) is 5.25 Å². The van der Waals surface area contributed by atoms with Crippen molar-refractivity contribution in [1.82, 2.24) is 20.2 Å². The minimum Gasteiger partial charge on any atom is -0.333 e. The third kappa shape index (κ3) is 6.13. The van der Waals surface area contributed by atoms with Crippen molar-refractivity contribution in [3.63, 3.8) is 0 Å². The zero-order valence-corrected chi connectivity index (χ0v) is 17.6. The summed E-state index contributed by atoms with van der Waals surface area (Å²) in [6.07, 6.45) is 3.57. The van der Waals surface area contributed by atoms with Gasteiger partial charge in [0.25, 0.3) is 0 Å². The van der Waals surface area contributed by atoms with Gasteiger partial charge in [0, 0.05) is 23.6 Å². The lowest BCUT2D eigenvalue weighted by Gasteiger charge is -2.21. The highest BCUT2D eigenvalue weighted by atomic mass is 32.2. The second-order valence-electron chi connectivity index (χ2n) is 7.78. The van der Waals surface area contributed by atoms with Crippen LogP contribution in [0.1, 0.15) is 53.0 Å². The number of rotatable bonds is 5. The topological polar surface area (TPSA) is 76.0 Å². The average molecular weight is 389 g/mol. The Morgan fingerprint density at radius 2 is 1.74 bits per heavy atom. The lowest BCUT2D eigenvalue weighted by molar-refractivity contribution is -0.119. The number of benzene rings is 1. The van der Waals surface area contributed by atoms with Crippen molar-refractivity contribution >= 4 is 23.7 Å². The highest BCUT2D eigenvalue weighted by Crippen LogP contribution is 2.25. The van der Waals surface area contributed by atoms with Crippen molar-refractivity contribution in [2.45, 2.75) is 63.4 Å². The monoisotopic (exact) mass is 388 g/mol. The van der Waals surface area contributed by atoms with Crippen LogP contribution in [0.15, 0.2) is 41.8 Å². The molecule has 0 aliphatic rings. The van der Waals surface area contributed by atoms with Crippen LogP contribution in [-0.4, -0.2) is 32.3 Å². The normalized spacial score (nSPS) is 12.7. The van der Waals surface area contributed by atoms with E-state index < -0.39 is 16.8 Å². The Morgan fingerprint density at radius 3 is 2.30 bits per heavy atom. The van der Waals surface area contributed by atoms with Gasteiger partial charge < -0.3 is 5.32 Å². The second-order valence-corrected chi connectivity index (χ2v) is 9.09. The van der Waals surface area contributed by atoms with E-state index in [-0.39, 0.29) is 5.91 Å². The standard InChI is InChI=1S/C20H28N4O2S/c1-13(2)15-7-9-16(10-8-15)24-12-11-21-19(24)27-14(3)17(25)22-18(26)23-20(4,5)6/h7-14H,1-6H3,(H2,22,23,25,26). The van der Waals surface area contributed by atoms with Crippen molar-refractivity contribution in [3.05, 3.63) is 42.2 Å². The average Bonchev–Trinajstić information content (AvgIpc) is 3.01. The highest BCUT2D eigenvalue weighted by Gasteiger charge is 2.21. The van der Waals surface area contributed by atoms with Crippen LogP contribution in [0, 0.1) is 0 Å². The van der Waals surface area contributed by atoms with E-state index in [1.165, 1.54) is 17.3 Å². The first-order valence-electron chi connectivity index (χ1n) is 9.00. The molecule has 1 atom stereocenters. The van der Waals surface area contributed by atoms with Gasteiger partial charge >= 0.3 is 6.03 Å². The molecule has 1 aromatic heterocycles. The van der Waals surface area contributed by atoms with E-state index in [9.17, 15) is 9.59 Å². The fraction of sp³-hybridized carbons (Fsp3) is 0.450. The van der Waals surface area contributed by atoms with Crippen molar-refractivity contribution in [2.75, 3.05) is 0 Å². The number of hydrogen-bond donors (Lipinski definition) is 2. The molecule has 2 rings (SSSR count). The molecule has 1 heterocycles. The molecule has 0 saturated heterocycles. The van der Waals surface area contributed by atoms with E-state index in [4.69, 9.17) is 0 Å². The number of aromatic nitrogens is 2. The lowest BCUT2D eigenvalue weighted by Crippen LogP contribution is -2.49. The molecule has 146 valence electrons. The summed E-state index contributed by atoms with van der Waals surface area (Å²) in [5.41, 5.74) is 1.85. The second kappa shape index (κ2) is 8.61. The number of hydrogen-bond acceptors (Lipinski definition) is 4. The maximum absolute atomic E-state index is 12.3. The summed E-state index contributed by atoms with van der Waals surface area (Å²) in [5, 5.41) is 5.33. The maximum atomic E-state index is 12.3. The third-order valence-electron chi connectivity index (χ3n) is 3.82. The van der Waals surface area contributed by atoms with Crippen molar-refractivity contribution in [1.29, 1.82) is 0 Å². The zero-order valence-electron chi connectivity index (χ0n) is 16.7. The maximum Gasteiger partial charge on any atom is 0.321 e. The Morgan fingerprint density at radius 1 is 1.11 bits per heavy atom. The van der Waals surface area contributed by atoms with E-state index in [2.05, 4.69) is 41.6 Å². The van der Waals surface area contributed by atoms with Crippen LogP contribution in [0.3, 0.4) is 0 Å². The Labute approximate surface area is 165 Å². The van der Waals surface area contributed by atoms with Crippen LogP contribution >= 0.6 is 11.8 Å². The first kappa shape index (κ1) is 21.0. The van der Waals surface area contributed by atoms with Gasteiger partial charge in [0.15, 0.2) is 5.16 Å². The number of nitrogens with one attached hydrogen (secondary N) is 2. The fourth-order valence-electron chi connectivity index (χ4n) is 2.39. The molecule has 6 nitrogen and oxygen atoms in total. The molecular weight excluding hydrogens is 360 g/mol. The molecule has 0 fully saturated rings. The molecule has 2 N–H and O–H groups in total. The zero-order chi connectivity index (χ0) is 20.2. The summed E-state index contributed by atoms with van der Waals surface area (Å²) >= 11 is 1.31. The number of thioether (sulfide) groups is 1. The van der Waals surface area contributed by atoms with E-state index in [1.54, 1.807) is 13.1 Å². The minimum atomic E-state index is -0.493. The van der Waals surface area contributed by atoms with Crippen molar-refractivity contribution < 1.29 is 9.59 Å². The minimum absolute atomic E-state index is 0.355. The Balaban J connectivity index is 2.05. The summed E-state index contributed by atoms with van der Waals surface area (Å²) in [5.74, 6) is 0.116. The van der Waals surface area contributed by atoms with E-state index in [1.807, 2.05) is 43.7 Å². The van der Waals surface area contributed by atoms with Gasteiger partial charge in [-0.25, -0.2) is 9.78 Å². The quantitative estimate of drug-likeness (QED) is 0.756. The molecule has 0 saturated carbocycles. The summed E-state index contributed by atoms with van der Waals surface area (Å²) in [6.45, 7) is 11.6. The molecule has 0 aliphatic carbocycles. The largest absolute Gasteiger partial charge is 0.333 e.